The van der Waals surface area contributed by atoms with Crippen molar-refractivity contribution in [2.45, 2.75) is 45.6 Å². The summed E-state index contributed by atoms with van der Waals surface area (Å²) in [6.45, 7) is 6.69. The van der Waals surface area contributed by atoms with E-state index in [1.807, 2.05) is 24.9 Å². The molecule has 0 spiro atoms. The van der Waals surface area contributed by atoms with E-state index in [-0.39, 0.29) is 17.9 Å². The molecule has 1 aliphatic heterocycles. The zero-order valence-corrected chi connectivity index (χ0v) is 18.5. The van der Waals surface area contributed by atoms with Gasteiger partial charge in [-0.2, -0.15) is 5.10 Å². The fraction of sp³-hybridized carbons (Fsp3) is 0.478. The first-order chi connectivity index (χ1) is 14.8. The van der Waals surface area contributed by atoms with Gasteiger partial charge in [0.05, 0.1) is 23.8 Å². The molecule has 2 unspecified atom stereocenters. The van der Waals surface area contributed by atoms with E-state index >= 15 is 0 Å². The van der Waals surface area contributed by atoms with Gasteiger partial charge in [0.2, 0.25) is 0 Å². The molecule has 1 saturated heterocycles. The number of aryl methyl sites for hydroxylation is 2. The lowest BCUT2D eigenvalue weighted by Crippen LogP contribution is -2.53. The number of nitrogens with zero attached hydrogens (tertiary/aromatic N) is 4. The number of amides is 2. The lowest BCUT2D eigenvalue weighted by atomic mass is 9.75. The molecular formula is C23H30N6O2. The highest BCUT2D eigenvalue weighted by Gasteiger charge is 2.40. The first-order valence-electron chi connectivity index (χ1n) is 10.8. The molecule has 0 aromatic carbocycles. The predicted octanol–water partition coefficient (Wildman–Crippen LogP) is 2.72. The molecule has 0 radical (unpaired) electrons. The zero-order valence-electron chi connectivity index (χ0n) is 18.5. The molecule has 4 atom stereocenters. The SMILES string of the molecule is Cc1cc(NC(=O)C(=O)N2C[C@H](C)CC[C@H]2C2C=Cc3c(cnn3C)C2C)cnc1N. The van der Waals surface area contributed by atoms with Crippen LogP contribution < -0.4 is 11.1 Å². The summed E-state index contributed by atoms with van der Waals surface area (Å²) in [5.74, 6) is -0.0219. The van der Waals surface area contributed by atoms with Crippen LogP contribution in [0.15, 0.2) is 24.5 Å². The predicted molar refractivity (Wildman–Crippen MR) is 120 cm³/mol. The van der Waals surface area contributed by atoms with E-state index < -0.39 is 11.8 Å². The highest BCUT2D eigenvalue weighted by molar-refractivity contribution is 6.39. The largest absolute Gasteiger partial charge is 0.383 e. The van der Waals surface area contributed by atoms with Gasteiger partial charge in [-0.05, 0) is 49.3 Å². The summed E-state index contributed by atoms with van der Waals surface area (Å²) >= 11 is 0. The van der Waals surface area contributed by atoms with E-state index in [0.717, 1.165) is 24.1 Å². The summed E-state index contributed by atoms with van der Waals surface area (Å²) in [6, 6.07) is 1.69. The van der Waals surface area contributed by atoms with Crippen molar-refractivity contribution in [3.63, 3.8) is 0 Å². The number of rotatable bonds is 2. The standard InChI is InChI=1S/C23H30N6O2/c1-13-5-7-20(17-6-8-19-18(15(17)3)11-26-28(19)4)29(12-13)23(31)22(30)27-16-9-14(2)21(24)25-10-16/h6,8-11,13,15,17,20H,5,7,12H2,1-4H3,(H2,24,25)(H,27,30)/t13-,15?,17?,20+/m1/s1. The minimum absolute atomic E-state index is 0.0275. The minimum atomic E-state index is -0.639. The number of carbonyl (C=O) groups excluding carboxylic acids is 2. The Morgan fingerprint density at radius 2 is 2.00 bits per heavy atom. The summed E-state index contributed by atoms with van der Waals surface area (Å²) in [5.41, 5.74) is 9.27. The second-order valence-electron chi connectivity index (χ2n) is 8.92. The number of carbonyl (C=O) groups is 2. The first kappa shape index (κ1) is 21.1. The molecule has 31 heavy (non-hydrogen) atoms. The highest BCUT2D eigenvalue weighted by Crippen LogP contribution is 2.40. The van der Waals surface area contributed by atoms with Crippen LogP contribution >= 0.6 is 0 Å². The minimum Gasteiger partial charge on any atom is -0.383 e. The number of aromatic nitrogens is 3. The topological polar surface area (TPSA) is 106 Å². The van der Waals surface area contributed by atoms with Crippen LogP contribution in [0, 0.1) is 18.8 Å². The van der Waals surface area contributed by atoms with E-state index in [9.17, 15) is 9.59 Å². The van der Waals surface area contributed by atoms with Gasteiger partial charge in [0, 0.05) is 31.1 Å². The maximum atomic E-state index is 13.2. The van der Waals surface area contributed by atoms with Gasteiger partial charge in [0.1, 0.15) is 5.82 Å². The number of likely N-dealkylation sites (tertiary alicyclic amines) is 1. The van der Waals surface area contributed by atoms with Gasteiger partial charge in [-0.1, -0.05) is 19.9 Å². The van der Waals surface area contributed by atoms with Crippen LogP contribution in [-0.4, -0.2) is 44.1 Å². The molecular weight excluding hydrogens is 392 g/mol. The molecule has 0 saturated carbocycles. The monoisotopic (exact) mass is 422 g/mol. The normalized spacial score (nSPS) is 25.2. The highest BCUT2D eigenvalue weighted by atomic mass is 16.2. The Balaban J connectivity index is 1.55. The summed E-state index contributed by atoms with van der Waals surface area (Å²) in [5, 5.41) is 7.08. The van der Waals surface area contributed by atoms with Crippen molar-refractivity contribution in [3.8, 4) is 0 Å². The van der Waals surface area contributed by atoms with Crippen LogP contribution in [0.3, 0.4) is 0 Å². The van der Waals surface area contributed by atoms with Gasteiger partial charge in [0.15, 0.2) is 0 Å². The van der Waals surface area contributed by atoms with Gasteiger partial charge >= 0.3 is 11.8 Å². The Hall–Kier alpha value is -3.16. The number of hydrogen-bond acceptors (Lipinski definition) is 5. The van der Waals surface area contributed by atoms with Crippen LogP contribution in [0.4, 0.5) is 11.5 Å². The van der Waals surface area contributed by atoms with Crippen LogP contribution in [0.1, 0.15) is 49.4 Å². The third-order valence-electron chi connectivity index (χ3n) is 6.70. The molecule has 1 fully saturated rings. The Bertz CT molecular complexity index is 1040. The lowest BCUT2D eigenvalue weighted by Gasteiger charge is -2.44. The number of pyridine rings is 1. The second-order valence-corrected chi connectivity index (χ2v) is 8.92. The van der Waals surface area contributed by atoms with E-state index in [1.165, 1.54) is 11.8 Å². The van der Waals surface area contributed by atoms with Crippen molar-refractivity contribution >= 4 is 29.4 Å². The van der Waals surface area contributed by atoms with E-state index in [1.54, 1.807) is 11.0 Å². The maximum absolute atomic E-state index is 13.2. The Kier molecular flexibility index (Phi) is 5.56. The van der Waals surface area contributed by atoms with Crippen molar-refractivity contribution in [2.24, 2.45) is 18.9 Å². The number of nitrogens with one attached hydrogen (secondary N) is 1. The smallest absolute Gasteiger partial charge is 0.313 e. The fourth-order valence-electron chi connectivity index (χ4n) is 4.83. The van der Waals surface area contributed by atoms with E-state index in [0.29, 0.717) is 24.0 Å². The van der Waals surface area contributed by atoms with Gasteiger partial charge < -0.3 is 16.0 Å². The van der Waals surface area contributed by atoms with Gasteiger partial charge in [-0.15, -0.1) is 0 Å². The molecule has 1 aliphatic carbocycles. The molecule has 2 amide bonds. The van der Waals surface area contributed by atoms with Crippen LogP contribution in [0.5, 0.6) is 0 Å². The van der Waals surface area contributed by atoms with Crippen LogP contribution in [0.25, 0.3) is 6.08 Å². The summed E-state index contributed by atoms with van der Waals surface area (Å²) in [6.07, 6.45) is 9.57. The van der Waals surface area contributed by atoms with E-state index in [4.69, 9.17) is 5.73 Å². The summed E-state index contributed by atoms with van der Waals surface area (Å²) < 4.78 is 1.88. The summed E-state index contributed by atoms with van der Waals surface area (Å²) in [7, 11) is 1.94. The molecule has 8 heteroatoms. The van der Waals surface area contributed by atoms with Crippen molar-refractivity contribution in [1.29, 1.82) is 0 Å². The molecule has 0 bridgehead atoms. The van der Waals surface area contributed by atoms with Crippen molar-refractivity contribution < 1.29 is 9.59 Å². The lowest BCUT2D eigenvalue weighted by molar-refractivity contribution is -0.147. The molecule has 2 aromatic rings. The second kappa shape index (κ2) is 8.17. The molecule has 164 valence electrons. The zero-order chi connectivity index (χ0) is 22.3. The number of nitrogens with two attached hydrogens (primary N) is 1. The van der Waals surface area contributed by atoms with Crippen LogP contribution in [-0.2, 0) is 16.6 Å². The fourth-order valence-corrected chi connectivity index (χ4v) is 4.83. The van der Waals surface area contributed by atoms with Crippen molar-refractivity contribution in [3.05, 3.63) is 41.4 Å². The van der Waals surface area contributed by atoms with Crippen molar-refractivity contribution in [2.75, 3.05) is 17.6 Å². The average molecular weight is 423 g/mol. The number of hydrogen-bond donors (Lipinski definition) is 2. The molecule has 3 heterocycles. The number of nitrogen functional groups attached to an aromatic ring is 1. The van der Waals surface area contributed by atoms with E-state index in [2.05, 4.69) is 41.4 Å². The van der Waals surface area contributed by atoms with Gasteiger partial charge in [-0.25, -0.2) is 4.98 Å². The Labute approximate surface area is 182 Å². The maximum Gasteiger partial charge on any atom is 0.313 e. The molecule has 4 rings (SSSR count). The Morgan fingerprint density at radius 3 is 2.74 bits per heavy atom. The average Bonchev–Trinajstić information content (AvgIpc) is 3.12. The van der Waals surface area contributed by atoms with Gasteiger partial charge in [-0.3, -0.25) is 14.3 Å². The first-order valence-corrected chi connectivity index (χ1v) is 10.8. The molecule has 2 aromatic heterocycles. The Morgan fingerprint density at radius 1 is 1.23 bits per heavy atom. The molecule has 2 aliphatic rings. The third kappa shape index (κ3) is 3.94. The molecule has 8 nitrogen and oxygen atoms in total. The summed E-state index contributed by atoms with van der Waals surface area (Å²) in [4.78, 5) is 31.9. The number of anilines is 2. The third-order valence-corrected chi connectivity index (χ3v) is 6.70. The number of fused-ring (bicyclic) bond motifs is 1. The number of piperidine rings is 1. The van der Waals surface area contributed by atoms with Gasteiger partial charge in [0.25, 0.3) is 0 Å². The van der Waals surface area contributed by atoms with Crippen LogP contribution in [0.2, 0.25) is 0 Å². The van der Waals surface area contributed by atoms with Crippen molar-refractivity contribution in [1.82, 2.24) is 19.7 Å². The molecule has 3 N–H and O–H groups in total. The quantitative estimate of drug-likeness (QED) is 0.724.